The summed E-state index contributed by atoms with van der Waals surface area (Å²) in [6.07, 6.45) is 2.21. The second kappa shape index (κ2) is 13.7. The van der Waals surface area contributed by atoms with Crippen molar-refractivity contribution in [2.75, 3.05) is 45.9 Å². The number of benzene rings is 2. The van der Waals surface area contributed by atoms with E-state index in [1.807, 2.05) is 30.3 Å². The van der Waals surface area contributed by atoms with Gasteiger partial charge in [0.05, 0.1) is 16.7 Å². The molecular weight excluding hydrogens is 606 g/mol. The van der Waals surface area contributed by atoms with Crippen molar-refractivity contribution >= 4 is 41.1 Å². The molecule has 4 aliphatic rings. The highest BCUT2D eigenvalue weighted by Crippen LogP contribution is 2.34. The maximum atomic E-state index is 13.3. The van der Waals surface area contributed by atoms with Crippen molar-refractivity contribution < 1.29 is 38.3 Å². The van der Waals surface area contributed by atoms with E-state index in [-0.39, 0.29) is 65.3 Å². The Labute approximate surface area is 270 Å². The number of carbonyl (C=O) groups excluding carboxylic acids is 7. The minimum atomic E-state index is -1.09. The Balaban J connectivity index is 0.949. The van der Waals surface area contributed by atoms with Crippen LogP contribution in [0.1, 0.15) is 57.9 Å². The van der Waals surface area contributed by atoms with Crippen molar-refractivity contribution in [2.24, 2.45) is 0 Å². The van der Waals surface area contributed by atoms with Gasteiger partial charge in [-0.1, -0.05) is 36.4 Å². The van der Waals surface area contributed by atoms with Gasteiger partial charge < -0.3 is 15.0 Å². The predicted octanol–water partition coefficient (Wildman–Crippen LogP) is 0.800. The number of carbonyl (C=O) groups is 7. The molecule has 2 saturated heterocycles. The molecule has 0 aromatic heterocycles. The van der Waals surface area contributed by atoms with Crippen molar-refractivity contribution in [1.82, 2.24) is 25.3 Å². The zero-order valence-corrected chi connectivity index (χ0v) is 25.7. The zero-order chi connectivity index (χ0) is 33.1. The predicted molar refractivity (Wildman–Crippen MR) is 166 cm³/mol. The molecule has 2 aromatic rings. The van der Waals surface area contributed by atoms with Crippen LogP contribution in [0.2, 0.25) is 0 Å². The Bertz CT molecular complexity index is 1640. The van der Waals surface area contributed by atoms with Gasteiger partial charge in [0.25, 0.3) is 17.7 Å². The fourth-order valence-corrected chi connectivity index (χ4v) is 6.47. The van der Waals surface area contributed by atoms with Gasteiger partial charge in [0.1, 0.15) is 11.8 Å². The van der Waals surface area contributed by atoms with E-state index in [1.165, 1.54) is 18.3 Å². The number of allylic oxidation sites excluding steroid dienone is 1. The monoisotopic (exact) mass is 641 g/mol. The van der Waals surface area contributed by atoms with Crippen LogP contribution in [-0.4, -0.2) is 108 Å². The molecule has 244 valence electrons. The van der Waals surface area contributed by atoms with Crippen LogP contribution in [0.4, 0.5) is 0 Å². The van der Waals surface area contributed by atoms with Crippen LogP contribution in [0.3, 0.4) is 0 Å². The third kappa shape index (κ3) is 6.70. The second-order valence-electron chi connectivity index (χ2n) is 12.0. The van der Waals surface area contributed by atoms with Crippen LogP contribution in [0.5, 0.6) is 5.75 Å². The number of hydrogen-bond acceptors (Lipinski definition) is 10. The summed E-state index contributed by atoms with van der Waals surface area (Å²) in [6.45, 7) is 3.03. The molecule has 2 aromatic carbocycles. The van der Waals surface area contributed by atoms with Crippen molar-refractivity contribution in [3.05, 3.63) is 77.0 Å². The molecule has 2 N–H and O–H groups in total. The summed E-state index contributed by atoms with van der Waals surface area (Å²) in [6, 6.07) is 13.0. The van der Waals surface area contributed by atoms with Gasteiger partial charge in [0.2, 0.25) is 11.8 Å². The summed E-state index contributed by atoms with van der Waals surface area (Å²) in [7, 11) is 0. The Morgan fingerprint density at radius 1 is 0.894 bits per heavy atom. The second-order valence-corrected chi connectivity index (χ2v) is 12.0. The van der Waals surface area contributed by atoms with E-state index >= 15 is 0 Å². The highest BCUT2D eigenvalue weighted by molar-refractivity contribution is 6.24. The van der Waals surface area contributed by atoms with E-state index < -0.39 is 29.7 Å². The van der Waals surface area contributed by atoms with E-state index in [2.05, 4.69) is 15.5 Å². The first-order valence-corrected chi connectivity index (χ1v) is 15.7. The number of piperazine rings is 1. The Kier molecular flexibility index (Phi) is 9.25. The van der Waals surface area contributed by atoms with Crippen LogP contribution >= 0.6 is 0 Å². The highest BCUT2D eigenvalue weighted by Gasteiger charge is 2.46. The van der Waals surface area contributed by atoms with Gasteiger partial charge in [-0.05, 0) is 30.0 Å². The third-order valence-electron chi connectivity index (χ3n) is 9.06. The molecule has 1 aliphatic carbocycles. The minimum Gasteiger partial charge on any atom is -0.483 e. The highest BCUT2D eigenvalue weighted by atomic mass is 16.5. The lowest BCUT2D eigenvalue weighted by atomic mass is 9.80. The molecule has 3 fully saturated rings. The molecule has 0 radical (unpaired) electrons. The van der Waals surface area contributed by atoms with Crippen LogP contribution in [0.15, 0.2) is 60.3 Å². The smallest absolute Gasteiger partial charge is 0.266 e. The maximum Gasteiger partial charge on any atom is 0.266 e. The van der Waals surface area contributed by atoms with Gasteiger partial charge >= 0.3 is 0 Å². The molecule has 13 nitrogen and oxygen atoms in total. The molecular formula is C34H35N5O8. The summed E-state index contributed by atoms with van der Waals surface area (Å²) in [5, 5.41) is 5.27. The van der Waals surface area contributed by atoms with E-state index in [4.69, 9.17) is 4.74 Å². The average molecular weight is 642 g/mol. The van der Waals surface area contributed by atoms with E-state index in [0.29, 0.717) is 52.1 Å². The number of Topliss-reactive ketones (excluding diaryl/α,β-unsaturated/α-hetero) is 2. The number of ketones is 2. The fourth-order valence-electron chi connectivity index (χ4n) is 6.47. The minimum absolute atomic E-state index is 0.00470. The first kappa shape index (κ1) is 31.8. The normalized spacial score (nSPS) is 21.9. The van der Waals surface area contributed by atoms with Crippen LogP contribution < -0.4 is 15.4 Å². The summed E-state index contributed by atoms with van der Waals surface area (Å²) >= 11 is 0. The molecule has 6 rings (SSSR count). The van der Waals surface area contributed by atoms with Crippen molar-refractivity contribution in [3.63, 3.8) is 0 Å². The number of ether oxygens (including phenoxy) is 1. The van der Waals surface area contributed by atoms with Gasteiger partial charge in [-0.2, -0.15) is 0 Å². The van der Waals surface area contributed by atoms with E-state index in [9.17, 15) is 33.6 Å². The lowest BCUT2D eigenvalue weighted by Crippen LogP contribution is -2.54. The molecule has 1 unspecified atom stereocenters. The molecule has 13 heteroatoms. The van der Waals surface area contributed by atoms with Crippen molar-refractivity contribution in [2.45, 2.75) is 37.6 Å². The summed E-state index contributed by atoms with van der Waals surface area (Å²) in [4.78, 5) is 93.2. The number of imide groups is 2. The van der Waals surface area contributed by atoms with Crippen LogP contribution in [0, 0.1) is 0 Å². The van der Waals surface area contributed by atoms with Crippen molar-refractivity contribution in [1.29, 1.82) is 0 Å². The standard InChI is InChI=1S/C34H35N5O8/c40-26-17-22(21-5-2-1-3-6-21)18-27(41)24(26)19-35-11-12-37-13-15-38(16-14-37)30(43)20-47-28-8-4-7-23-31(28)34(46)39(33(23)45)25-9-10-29(42)36-32(25)44/h1-8,19,22,25,35H,9-18,20H2,(H,36,42,44). The van der Waals surface area contributed by atoms with E-state index in [0.717, 1.165) is 10.5 Å². The topological polar surface area (TPSA) is 162 Å². The third-order valence-corrected chi connectivity index (χ3v) is 9.06. The molecule has 47 heavy (non-hydrogen) atoms. The number of rotatable bonds is 9. The summed E-state index contributed by atoms with van der Waals surface area (Å²) in [5.74, 6) is -3.09. The quantitative estimate of drug-likeness (QED) is 0.173. The lowest BCUT2D eigenvalue weighted by Gasteiger charge is -2.34. The zero-order valence-electron chi connectivity index (χ0n) is 25.7. The fraction of sp³-hybridized carbons (Fsp3) is 0.382. The average Bonchev–Trinajstić information content (AvgIpc) is 3.33. The van der Waals surface area contributed by atoms with Gasteiger partial charge in [0, 0.05) is 64.7 Å². The number of piperidine rings is 1. The largest absolute Gasteiger partial charge is 0.483 e. The summed E-state index contributed by atoms with van der Waals surface area (Å²) < 4.78 is 5.74. The number of hydrogen-bond donors (Lipinski definition) is 2. The number of fused-ring (bicyclic) bond motifs is 1. The SMILES string of the molecule is O=C1CCC(N2C(=O)c3cccc(OCC(=O)N4CCN(CCNC=C5C(=O)CC(c6ccccc6)CC5=O)CC4)c3C2=O)C(=O)N1. The number of nitrogens with one attached hydrogen (secondary N) is 2. The van der Waals surface area contributed by atoms with Gasteiger partial charge in [0.15, 0.2) is 18.2 Å². The van der Waals surface area contributed by atoms with Crippen LogP contribution in [-0.2, 0) is 24.0 Å². The maximum absolute atomic E-state index is 13.3. The molecule has 3 heterocycles. The van der Waals surface area contributed by atoms with Gasteiger partial charge in [-0.25, -0.2) is 0 Å². The number of nitrogens with zero attached hydrogens (tertiary/aromatic N) is 3. The number of amides is 5. The summed E-state index contributed by atoms with van der Waals surface area (Å²) in [5.41, 5.74) is 1.29. The Hall–Kier alpha value is -5.17. The molecule has 1 saturated carbocycles. The Morgan fingerprint density at radius 2 is 1.62 bits per heavy atom. The molecule has 0 bridgehead atoms. The molecule has 1 atom stereocenters. The van der Waals surface area contributed by atoms with Crippen LogP contribution in [0.25, 0.3) is 0 Å². The van der Waals surface area contributed by atoms with Crippen molar-refractivity contribution in [3.8, 4) is 5.75 Å². The molecule has 0 spiro atoms. The molecule has 5 amide bonds. The first-order chi connectivity index (χ1) is 22.7. The van der Waals surface area contributed by atoms with E-state index in [1.54, 1.807) is 11.0 Å². The lowest BCUT2D eigenvalue weighted by molar-refractivity contribution is -0.136. The van der Waals surface area contributed by atoms with Gasteiger partial charge in [-0.15, -0.1) is 0 Å². The Morgan fingerprint density at radius 3 is 2.32 bits per heavy atom. The molecule has 3 aliphatic heterocycles. The van der Waals surface area contributed by atoms with Gasteiger partial charge in [-0.3, -0.25) is 48.7 Å². The first-order valence-electron chi connectivity index (χ1n) is 15.7.